The van der Waals surface area contributed by atoms with Gasteiger partial charge in [0.25, 0.3) is 0 Å². The Hall–Kier alpha value is -2.98. The maximum absolute atomic E-state index is 13.1. The van der Waals surface area contributed by atoms with Crippen LogP contribution in [0, 0.1) is 6.92 Å². The van der Waals surface area contributed by atoms with E-state index in [1.54, 1.807) is 35.1 Å². The van der Waals surface area contributed by atoms with E-state index >= 15 is 0 Å². The summed E-state index contributed by atoms with van der Waals surface area (Å²) >= 11 is 0. The molecule has 10 heteroatoms. The van der Waals surface area contributed by atoms with Gasteiger partial charge in [0.2, 0.25) is 10.0 Å². The van der Waals surface area contributed by atoms with Crippen LogP contribution in [0.15, 0.2) is 53.7 Å². The summed E-state index contributed by atoms with van der Waals surface area (Å²) in [5.41, 5.74) is 0.819. The van der Waals surface area contributed by atoms with Crippen LogP contribution < -0.4 is 9.80 Å². The first-order valence-electron chi connectivity index (χ1n) is 9.73. The van der Waals surface area contributed by atoms with Gasteiger partial charge in [-0.25, -0.2) is 23.1 Å². The van der Waals surface area contributed by atoms with E-state index in [1.165, 1.54) is 4.31 Å². The minimum absolute atomic E-state index is 0.291. The van der Waals surface area contributed by atoms with E-state index in [0.29, 0.717) is 36.9 Å². The van der Waals surface area contributed by atoms with Gasteiger partial charge in [-0.05, 0) is 37.3 Å². The SMILES string of the molecule is Cc1nc(N(C)C)cc(N2CCN(S(=O)(=O)c3ccc(-n4cccn4)cc3)CC2)n1. The number of rotatable bonds is 5. The van der Waals surface area contributed by atoms with Crippen molar-refractivity contribution in [3.05, 3.63) is 54.6 Å². The van der Waals surface area contributed by atoms with Crippen molar-refractivity contribution in [3.63, 3.8) is 0 Å². The van der Waals surface area contributed by atoms with Crippen LogP contribution in [-0.4, -0.2) is 72.7 Å². The maximum atomic E-state index is 13.1. The summed E-state index contributed by atoms with van der Waals surface area (Å²) in [7, 11) is 0.329. The van der Waals surface area contributed by atoms with E-state index in [-0.39, 0.29) is 0 Å². The monoisotopic (exact) mass is 427 g/mol. The van der Waals surface area contributed by atoms with E-state index < -0.39 is 10.0 Å². The largest absolute Gasteiger partial charge is 0.363 e. The third kappa shape index (κ3) is 4.01. The zero-order valence-electron chi connectivity index (χ0n) is 17.3. The highest BCUT2D eigenvalue weighted by Crippen LogP contribution is 2.23. The van der Waals surface area contributed by atoms with Gasteiger partial charge in [0.05, 0.1) is 10.6 Å². The van der Waals surface area contributed by atoms with Crippen LogP contribution in [0.4, 0.5) is 11.6 Å². The molecule has 4 rings (SSSR count). The van der Waals surface area contributed by atoms with Crippen molar-refractivity contribution < 1.29 is 8.42 Å². The third-order valence-corrected chi connectivity index (χ3v) is 6.99. The van der Waals surface area contributed by atoms with Crippen molar-refractivity contribution in [1.82, 2.24) is 24.1 Å². The first-order chi connectivity index (χ1) is 14.3. The van der Waals surface area contributed by atoms with Gasteiger partial charge in [0, 0.05) is 58.7 Å². The molecule has 0 aliphatic carbocycles. The lowest BCUT2D eigenvalue weighted by molar-refractivity contribution is 0.383. The second-order valence-corrected chi connectivity index (χ2v) is 9.30. The molecule has 0 saturated carbocycles. The fraction of sp³-hybridized carbons (Fsp3) is 0.350. The van der Waals surface area contributed by atoms with E-state index in [0.717, 1.165) is 17.3 Å². The number of piperazine rings is 1. The molecule has 3 heterocycles. The van der Waals surface area contributed by atoms with Crippen molar-refractivity contribution in [2.75, 3.05) is 50.1 Å². The molecule has 9 nitrogen and oxygen atoms in total. The van der Waals surface area contributed by atoms with Crippen LogP contribution in [0.5, 0.6) is 0 Å². The molecule has 3 aromatic rings. The highest BCUT2D eigenvalue weighted by atomic mass is 32.2. The van der Waals surface area contributed by atoms with Crippen LogP contribution in [0.3, 0.4) is 0 Å². The van der Waals surface area contributed by atoms with Crippen LogP contribution >= 0.6 is 0 Å². The molecule has 2 aromatic heterocycles. The van der Waals surface area contributed by atoms with Crippen molar-refractivity contribution in [3.8, 4) is 5.69 Å². The van der Waals surface area contributed by atoms with E-state index in [4.69, 9.17) is 0 Å². The molecule has 0 bridgehead atoms. The predicted octanol–water partition coefficient (Wildman–Crippen LogP) is 1.55. The second-order valence-electron chi connectivity index (χ2n) is 7.36. The topological polar surface area (TPSA) is 87.5 Å². The van der Waals surface area contributed by atoms with Crippen LogP contribution in [-0.2, 0) is 10.0 Å². The Morgan fingerprint density at radius 2 is 1.70 bits per heavy atom. The number of hydrogen-bond acceptors (Lipinski definition) is 7. The number of aromatic nitrogens is 4. The molecular weight excluding hydrogens is 402 g/mol. The van der Waals surface area contributed by atoms with E-state index in [2.05, 4.69) is 20.0 Å². The van der Waals surface area contributed by atoms with Crippen molar-refractivity contribution in [2.24, 2.45) is 0 Å². The lowest BCUT2D eigenvalue weighted by Gasteiger charge is -2.35. The molecule has 0 radical (unpaired) electrons. The van der Waals surface area contributed by atoms with Crippen molar-refractivity contribution in [2.45, 2.75) is 11.8 Å². The van der Waals surface area contributed by atoms with Gasteiger partial charge in [-0.1, -0.05) is 0 Å². The summed E-state index contributed by atoms with van der Waals surface area (Å²) in [6.07, 6.45) is 3.50. The Balaban J connectivity index is 1.47. The minimum atomic E-state index is -3.55. The van der Waals surface area contributed by atoms with Crippen LogP contribution in [0.25, 0.3) is 5.69 Å². The van der Waals surface area contributed by atoms with Crippen LogP contribution in [0.2, 0.25) is 0 Å². The number of hydrogen-bond donors (Lipinski definition) is 0. The second kappa shape index (κ2) is 8.04. The minimum Gasteiger partial charge on any atom is -0.363 e. The predicted molar refractivity (Wildman–Crippen MR) is 116 cm³/mol. The molecule has 0 amide bonds. The Labute approximate surface area is 176 Å². The average molecular weight is 428 g/mol. The molecule has 0 N–H and O–H groups in total. The summed E-state index contributed by atoms with van der Waals surface area (Å²) in [5, 5.41) is 4.17. The van der Waals surface area contributed by atoms with Gasteiger partial charge in [0.1, 0.15) is 17.5 Å². The van der Waals surface area contributed by atoms with E-state index in [1.807, 2.05) is 44.2 Å². The molecule has 1 aliphatic heterocycles. The molecule has 30 heavy (non-hydrogen) atoms. The molecule has 1 aromatic carbocycles. The highest BCUT2D eigenvalue weighted by molar-refractivity contribution is 7.89. The smallest absolute Gasteiger partial charge is 0.243 e. The molecule has 0 spiro atoms. The van der Waals surface area contributed by atoms with Crippen LogP contribution in [0.1, 0.15) is 5.82 Å². The standard InChI is InChI=1S/C20H25N7O2S/c1-16-22-19(24(2)3)15-20(23-16)25-11-13-26(14-12-25)30(28,29)18-7-5-17(6-8-18)27-10-4-9-21-27/h4-10,15H,11-14H2,1-3H3. The summed E-state index contributed by atoms with van der Waals surface area (Å²) in [6, 6.07) is 10.6. The molecule has 1 fully saturated rings. The Bertz CT molecular complexity index is 1100. The molecule has 0 unspecified atom stereocenters. The Kier molecular flexibility index (Phi) is 5.44. The Morgan fingerprint density at radius 3 is 2.30 bits per heavy atom. The number of benzene rings is 1. The van der Waals surface area contributed by atoms with Crippen molar-refractivity contribution in [1.29, 1.82) is 0 Å². The zero-order chi connectivity index (χ0) is 21.3. The number of anilines is 2. The van der Waals surface area contributed by atoms with Gasteiger partial charge in [0.15, 0.2) is 0 Å². The summed E-state index contributed by atoms with van der Waals surface area (Å²) in [4.78, 5) is 13.3. The third-order valence-electron chi connectivity index (χ3n) is 5.08. The first-order valence-corrected chi connectivity index (χ1v) is 11.2. The normalized spacial score (nSPS) is 15.4. The maximum Gasteiger partial charge on any atom is 0.243 e. The summed E-state index contributed by atoms with van der Waals surface area (Å²) < 4.78 is 29.4. The molecule has 0 atom stereocenters. The first kappa shape index (κ1) is 20.3. The van der Waals surface area contributed by atoms with Gasteiger partial charge in [-0.15, -0.1) is 0 Å². The molecular formula is C20H25N7O2S. The van der Waals surface area contributed by atoms with Gasteiger partial charge >= 0.3 is 0 Å². The quantitative estimate of drug-likeness (QED) is 0.610. The van der Waals surface area contributed by atoms with Gasteiger partial charge in [-0.3, -0.25) is 0 Å². The Morgan fingerprint density at radius 1 is 1.00 bits per heavy atom. The fourth-order valence-electron chi connectivity index (χ4n) is 3.43. The molecule has 1 aliphatic rings. The fourth-order valence-corrected chi connectivity index (χ4v) is 4.85. The number of aryl methyl sites for hydroxylation is 1. The number of nitrogens with zero attached hydrogens (tertiary/aromatic N) is 7. The lowest BCUT2D eigenvalue weighted by Crippen LogP contribution is -2.49. The van der Waals surface area contributed by atoms with Crippen molar-refractivity contribution >= 4 is 21.7 Å². The average Bonchev–Trinajstić information content (AvgIpc) is 3.28. The molecule has 158 valence electrons. The number of sulfonamides is 1. The highest BCUT2D eigenvalue weighted by Gasteiger charge is 2.29. The van der Waals surface area contributed by atoms with Gasteiger partial charge in [-0.2, -0.15) is 9.40 Å². The zero-order valence-corrected chi connectivity index (χ0v) is 18.1. The lowest BCUT2D eigenvalue weighted by atomic mass is 10.3. The summed E-state index contributed by atoms with van der Waals surface area (Å²) in [5.74, 6) is 2.36. The van der Waals surface area contributed by atoms with E-state index in [9.17, 15) is 8.42 Å². The van der Waals surface area contributed by atoms with Gasteiger partial charge < -0.3 is 9.80 Å². The summed E-state index contributed by atoms with van der Waals surface area (Å²) in [6.45, 7) is 3.83. The molecule has 1 saturated heterocycles.